The molecule has 0 amide bonds. The Bertz CT molecular complexity index is 664. The summed E-state index contributed by atoms with van der Waals surface area (Å²) in [6.45, 7) is 1.42. The van der Waals surface area contributed by atoms with Gasteiger partial charge in [-0.05, 0) is 36.8 Å². The molecule has 2 aromatic carbocycles. The van der Waals surface area contributed by atoms with Gasteiger partial charge in [0.05, 0.1) is 0 Å². The molecule has 0 aliphatic rings. The predicted molar refractivity (Wildman–Crippen MR) is 84.0 cm³/mol. The van der Waals surface area contributed by atoms with E-state index < -0.39 is 17.3 Å². The molecule has 0 radical (unpaired) electrons. The van der Waals surface area contributed by atoms with Crippen molar-refractivity contribution in [3.05, 3.63) is 65.7 Å². The lowest BCUT2D eigenvalue weighted by molar-refractivity contribution is -0.148. The van der Waals surface area contributed by atoms with Crippen LogP contribution in [0.3, 0.4) is 0 Å². The molecule has 5 heteroatoms. The molecule has 2 rings (SSSR count). The molecule has 0 aliphatic carbocycles. The molecule has 0 aliphatic heterocycles. The number of rotatable bonds is 5. The van der Waals surface area contributed by atoms with Crippen LogP contribution in [0.2, 0.25) is 0 Å². The molecule has 0 spiro atoms. The zero-order valence-corrected chi connectivity index (χ0v) is 12.3. The molecule has 2 aromatic rings. The Morgan fingerprint density at radius 3 is 2.23 bits per heavy atom. The van der Waals surface area contributed by atoms with E-state index in [0.717, 1.165) is 5.56 Å². The summed E-state index contributed by atoms with van der Waals surface area (Å²) in [4.78, 5) is 24.5. The Kier molecular flexibility index (Phi) is 4.58. The quantitative estimate of drug-likeness (QED) is 0.380. The summed E-state index contributed by atoms with van der Waals surface area (Å²) < 4.78 is 5.15. The minimum absolute atomic E-state index is 0.0709. The number of nitrogens with two attached hydrogens (primary N) is 2. The molecular formula is C17H18N2O3. The summed E-state index contributed by atoms with van der Waals surface area (Å²) in [5.41, 5.74) is 11.4. The van der Waals surface area contributed by atoms with E-state index in [2.05, 4.69) is 0 Å². The number of esters is 1. The number of Topliss-reactive ketones (excluding diaryl/α,β-unsaturated/α-hetero) is 1. The van der Waals surface area contributed by atoms with Crippen molar-refractivity contribution in [1.29, 1.82) is 0 Å². The zero-order valence-electron chi connectivity index (χ0n) is 12.3. The van der Waals surface area contributed by atoms with E-state index in [1.165, 1.54) is 19.1 Å². The first kappa shape index (κ1) is 15.7. The minimum Gasteiger partial charge on any atom is -0.459 e. The van der Waals surface area contributed by atoms with Crippen molar-refractivity contribution in [1.82, 2.24) is 0 Å². The molecule has 22 heavy (non-hydrogen) atoms. The van der Waals surface area contributed by atoms with E-state index in [9.17, 15) is 9.59 Å². The van der Waals surface area contributed by atoms with Crippen LogP contribution in [0.1, 0.15) is 22.8 Å². The fourth-order valence-electron chi connectivity index (χ4n) is 1.90. The number of anilines is 1. The average Bonchev–Trinajstić information content (AvgIpc) is 2.53. The van der Waals surface area contributed by atoms with Crippen LogP contribution >= 0.6 is 0 Å². The van der Waals surface area contributed by atoms with Gasteiger partial charge in [0, 0.05) is 11.3 Å². The van der Waals surface area contributed by atoms with Gasteiger partial charge < -0.3 is 16.2 Å². The van der Waals surface area contributed by atoms with Crippen LogP contribution in [0.15, 0.2) is 54.6 Å². The van der Waals surface area contributed by atoms with Gasteiger partial charge in [-0.1, -0.05) is 30.3 Å². The third kappa shape index (κ3) is 3.51. The van der Waals surface area contributed by atoms with Crippen LogP contribution in [-0.4, -0.2) is 17.3 Å². The van der Waals surface area contributed by atoms with Crippen molar-refractivity contribution < 1.29 is 14.3 Å². The van der Waals surface area contributed by atoms with Gasteiger partial charge in [-0.2, -0.15) is 0 Å². The van der Waals surface area contributed by atoms with E-state index in [4.69, 9.17) is 16.2 Å². The van der Waals surface area contributed by atoms with Gasteiger partial charge in [-0.15, -0.1) is 0 Å². The summed E-state index contributed by atoms with van der Waals surface area (Å²) in [6, 6.07) is 15.4. The number of hydrogen-bond donors (Lipinski definition) is 2. The number of carbonyl (C=O) groups is 2. The van der Waals surface area contributed by atoms with Crippen LogP contribution in [0.4, 0.5) is 5.69 Å². The summed E-state index contributed by atoms with van der Waals surface area (Å²) in [5.74, 6) is -1.27. The normalized spacial score (nSPS) is 13.2. The summed E-state index contributed by atoms with van der Waals surface area (Å²) in [5, 5.41) is 0. The number of hydrogen-bond acceptors (Lipinski definition) is 5. The molecule has 0 saturated carbocycles. The number of benzene rings is 2. The van der Waals surface area contributed by atoms with Crippen molar-refractivity contribution in [3.63, 3.8) is 0 Å². The second-order valence-corrected chi connectivity index (χ2v) is 5.22. The molecule has 1 atom stereocenters. The maximum atomic E-state index is 12.4. The maximum Gasteiger partial charge on any atom is 0.334 e. The highest BCUT2D eigenvalue weighted by atomic mass is 16.5. The Balaban J connectivity index is 2.06. The third-order valence-electron chi connectivity index (χ3n) is 3.28. The summed E-state index contributed by atoms with van der Waals surface area (Å²) in [6.07, 6.45) is 0. The third-order valence-corrected chi connectivity index (χ3v) is 3.28. The topological polar surface area (TPSA) is 95.4 Å². The Hall–Kier alpha value is -2.66. The SMILES string of the molecule is CC(N)(C(=O)OCc1ccccc1)C(=O)c1ccc(N)cc1. The van der Waals surface area contributed by atoms with Gasteiger partial charge >= 0.3 is 5.97 Å². The van der Waals surface area contributed by atoms with Gasteiger partial charge in [-0.3, -0.25) is 4.79 Å². The highest BCUT2D eigenvalue weighted by molar-refractivity contribution is 6.15. The summed E-state index contributed by atoms with van der Waals surface area (Å²) >= 11 is 0. The number of ketones is 1. The van der Waals surface area contributed by atoms with E-state index in [-0.39, 0.29) is 6.61 Å². The number of carbonyl (C=O) groups excluding carboxylic acids is 2. The van der Waals surface area contributed by atoms with E-state index >= 15 is 0 Å². The zero-order chi connectivity index (χ0) is 16.2. The first-order valence-corrected chi connectivity index (χ1v) is 6.81. The van der Waals surface area contributed by atoms with Crippen molar-refractivity contribution in [2.75, 3.05) is 5.73 Å². The molecule has 0 fully saturated rings. The standard InChI is InChI=1S/C17H18N2O3/c1-17(19,15(20)13-7-9-14(18)10-8-13)16(21)22-11-12-5-3-2-4-6-12/h2-10H,11,18-19H2,1H3. The smallest absolute Gasteiger partial charge is 0.334 e. The lowest BCUT2D eigenvalue weighted by Crippen LogP contribution is -2.53. The van der Waals surface area contributed by atoms with Crippen LogP contribution in [0.5, 0.6) is 0 Å². The van der Waals surface area contributed by atoms with Gasteiger partial charge in [0.2, 0.25) is 0 Å². The number of ether oxygens (including phenoxy) is 1. The van der Waals surface area contributed by atoms with E-state index in [0.29, 0.717) is 11.3 Å². The maximum absolute atomic E-state index is 12.4. The van der Waals surface area contributed by atoms with Crippen molar-refractivity contribution in [2.45, 2.75) is 19.1 Å². The lowest BCUT2D eigenvalue weighted by Gasteiger charge is -2.21. The first-order chi connectivity index (χ1) is 10.4. The fraction of sp³-hybridized carbons (Fsp3) is 0.176. The van der Waals surface area contributed by atoms with Crippen molar-refractivity contribution >= 4 is 17.4 Å². The van der Waals surface area contributed by atoms with Gasteiger partial charge in [0.25, 0.3) is 0 Å². The van der Waals surface area contributed by atoms with Crippen LogP contribution in [0.25, 0.3) is 0 Å². The van der Waals surface area contributed by atoms with Crippen LogP contribution < -0.4 is 11.5 Å². The Labute approximate surface area is 128 Å². The first-order valence-electron chi connectivity index (χ1n) is 6.81. The molecule has 1 unspecified atom stereocenters. The van der Waals surface area contributed by atoms with Gasteiger partial charge in [0.15, 0.2) is 11.3 Å². The van der Waals surface area contributed by atoms with E-state index in [1.807, 2.05) is 30.3 Å². The fourth-order valence-corrected chi connectivity index (χ4v) is 1.90. The molecular weight excluding hydrogens is 280 g/mol. The van der Waals surface area contributed by atoms with Gasteiger partial charge in [-0.25, -0.2) is 4.79 Å². The van der Waals surface area contributed by atoms with Crippen LogP contribution in [0, 0.1) is 0 Å². The molecule has 0 saturated heterocycles. The molecule has 0 aromatic heterocycles. The lowest BCUT2D eigenvalue weighted by atomic mass is 9.92. The predicted octanol–water partition coefficient (Wildman–Crippen LogP) is 1.91. The second kappa shape index (κ2) is 6.41. The van der Waals surface area contributed by atoms with Gasteiger partial charge in [0.1, 0.15) is 6.61 Å². The minimum atomic E-state index is -1.75. The average molecular weight is 298 g/mol. The largest absolute Gasteiger partial charge is 0.459 e. The van der Waals surface area contributed by atoms with E-state index in [1.54, 1.807) is 12.1 Å². The monoisotopic (exact) mass is 298 g/mol. The second-order valence-electron chi connectivity index (χ2n) is 5.22. The summed E-state index contributed by atoms with van der Waals surface area (Å²) in [7, 11) is 0. The molecule has 5 nitrogen and oxygen atoms in total. The highest BCUT2D eigenvalue weighted by Crippen LogP contribution is 2.15. The Morgan fingerprint density at radius 1 is 1.05 bits per heavy atom. The molecule has 4 N–H and O–H groups in total. The Morgan fingerprint density at radius 2 is 1.64 bits per heavy atom. The molecule has 0 heterocycles. The highest BCUT2D eigenvalue weighted by Gasteiger charge is 2.39. The van der Waals surface area contributed by atoms with Crippen molar-refractivity contribution in [3.8, 4) is 0 Å². The van der Waals surface area contributed by atoms with Crippen LogP contribution in [-0.2, 0) is 16.1 Å². The molecule has 0 bridgehead atoms. The van der Waals surface area contributed by atoms with Crippen molar-refractivity contribution in [2.24, 2.45) is 5.73 Å². The number of nitrogen functional groups attached to an aromatic ring is 1. The molecule has 114 valence electrons.